The number of hydrogen-bond acceptors (Lipinski definition) is 12. The molecule has 2 saturated heterocycles. The Morgan fingerprint density at radius 1 is 0.841 bits per heavy atom. The van der Waals surface area contributed by atoms with Crippen molar-refractivity contribution in [3.63, 3.8) is 0 Å². The predicted octanol–water partition coefficient (Wildman–Crippen LogP) is 5.88. The third kappa shape index (κ3) is 14.3. The summed E-state index contributed by atoms with van der Waals surface area (Å²) in [5, 5.41) is 55.2. The van der Waals surface area contributed by atoms with Crippen molar-refractivity contribution in [2.24, 2.45) is 41.4 Å². The number of nitrogens with zero attached hydrogens (tertiary/aromatic N) is 1. The van der Waals surface area contributed by atoms with Crippen molar-refractivity contribution in [2.75, 3.05) is 6.54 Å². The number of aliphatic hydroxyl groups is 5. The molecule has 3 aliphatic heterocycles. The molecule has 0 aromatic heterocycles. The third-order valence-electron chi connectivity index (χ3n) is 14.2. The molecule has 0 radical (unpaired) electrons. The van der Waals surface area contributed by atoms with Gasteiger partial charge in [-0.15, -0.1) is 0 Å². The molecular formula is C50H77NO12. The maximum atomic E-state index is 14.3. The summed E-state index contributed by atoms with van der Waals surface area (Å²) >= 11 is 0. The smallest absolute Gasteiger partial charge is 0.329 e. The first kappa shape index (κ1) is 52.3. The molecule has 0 spiro atoms. The molecule has 13 nitrogen and oxygen atoms in total. The van der Waals surface area contributed by atoms with Crippen molar-refractivity contribution in [3.8, 4) is 0 Å². The molecule has 1 saturated carbocycles. The average molecular weight is 884 g/mol. The molecule has 1 amide bonds. The number of cyclic esters (lactones) is 1. The Bertz CT molecular complexity index is 1700. The molecule has 4 rings (SSSR count). The molecule has 3 fully saturated rings. The molecule has 0 aromatic carbocycles. The van der Waals surface area contributed by atoms with E-state index in [-0.39, 0.29) is 60.8 Å². The van der Waals surface area contributed by atoms with Crippen LogP contribution in [0.5, 0.6) is 0 Å². The van der Waals surface area contributed by atoms with Gasteiger partial charge in [0.25, 0.3) is 11.7 Å². The Hall–Kier alpha value is -3.33. The van der Waals surface area contributed by atoms with Crippen molar-refractivity contribution >= 4 is 29.2 Å². The molecule has 5 N–H and O–H groups in total. The zero-order valence-electron chi connectivity index (χ0n) is 39.0. The van der Waals surface area contributed by atoms with Gasteiger partial charge >= 0.3 is 5.97 Å². The molecule has 4 aliphatic rings. The summed E-state index contributed by atoms with van der Waals surface area (Å²) in [6.45, 7) is 14.1. The number of Topliss-reactive ketones (excluding diaryl/α,β-unsaturated/α-hetero) is 3. The number of ether oxygens (including phenoxy) is 2. The van der Waals surface area contributed by atoms with Crippen LogP contribution in [0.15, 0.2) is 48.1 Å². The van der Waals surface area contributed by atoms with Crippen LogP contribution >= 0.6 is 0 Å². The normalized spacial score (nSPS) is 39.9. The van der Waals surface area contributed by atoms with Crippen LogP contribution in [0.25, 0.3) is 0 Å². The van der Waals surface area contributed by atoms with E-state index in [0.717, 1.165) is 30.6 Å². The van der Waals surface area contributed by atoms with Crippen molar-refractivity contribution in [1.82, 2.24) is 4.90 Å². The molecule has 2 bridgehead atoms. The third-order valence-corrected chi connectivity index (χ3v) is 14.2. The summed E-state index contributed by atoms with van der Waals surface area (Å²) in [4.78, 5) is 70.8. The van der Waals surface area contributed by atoms with Crippen LogP contribution in [-0.2, 0) is 33.4 Å². The molecule has 63 heavy (non-hydrogen) atoms. The van der Waals surface area contributed by atoms with Crippen LogP contribution in [0, 0.1) is 41.4 Å². The Balaban J connectivity index is 1.65. The van der Waals surface area contributed by atoms with E-state index in [9.17, 15) is 49.5 Å². The van der Waals surface area contributed by atoms with Gasteiger partial charge in [0.1, 0.15) is 30.1 Å². The minimum atomic E-state index is -2.47. The van der Waals surface area contributed by atoms with Gasteiger partial charge in [-0.25, -0.2) is 4.79 Å². The van der Waals surface area contributed by atoms with Gasteiger partial charge in [-0.2, -0.15) is 0 Å². The maximum absolute atomic E-state index is 14.3. The molecule has 1 aliphatic carbocycles. The van der Waals surface area contributed by atoms with Crippen LogP contribution in [0.2, 0.25) is 0 Å². The lowest BCUT2D eigenvalue weighted by molar-refractivity contribution is -0.265. The maximum Gasteiger partial charge on any atom is 0.329 e. The van der Waals surface area contributed by atoms with E-state index in [1.165, 1.54) is 6.08 Å². The molecule has 0 unspecified atom stereocenters. The number of carbonyl (C=O) groups excluding carboxylic acids is 5. The van der Waals surface area contributed by atoms with Crippen LogP contribution in [-0.4, -0.2) is 114 Å². The SMILES string of the molecule is C/C1=C\[C@@H](C)C(=O)C[C@@H]([C@H](C)CC2CCC(C(C)(C)O)CC2)OC(=O)[C@@H]2CCCCN2C(=O)C(=O)[C@]2(O)O[C@@H](CC[C@H]2C)C[C@H](O)/C=C/C=C/C=C/[C@@H](C)C[C@@H](C)C(=O)[C@H](O)[C@@H]1O. The van der Waals surface area contributed by atoms with E-state index >= 15 is 0 Å². The van der Waals surface area contributed by atoms with Crippen molar-refractivity contribution in [3.05, 3.63) is 48.1 Å². The van der Waals surface area contributed by atoms with Crippen LogP contribution in [0.4, 0.5) is 0 Å². The molecular weight excluding hydrogens is 807 g/mol. The van der Waals surface area contributed by atoms with Crippen LogP contribution in [0.3, 0.4) is 0 Å². The van der Waals surface area contributed by atoms with E-state index in [2.05, 4.69) is 0 Å². The fourth-order valence-electron chi connectivity index (χ4n) is 9.92. The summed E-state index contributed by atoms with van der Waals surface area (Å²) in [5.74, 6) is -8.30. The molecule has 354 valence electrons. The number of rotatable bonds is 4. The standard InChI is InChI=1S/C50H77NO12/c1-30-15-11-9-10-12-16-38(52)28-39-23-18-35(6)50(61,63-39)46(57)47(58)51-24-14-13-17-40(51)48(59)62-42(32(3)27-36-19-21-37(22-20-36)49(7,8)60)29-41(53)31(2)26-34(5)44(55)45(56)43(54)33(4)25-30/h9-12,15-16,26,30-33,35-40,42,44-45,52,55-56,60-61H,13-14,17-25,27-29H2,1-8H3/b10-9+,15-11+,16-12+,34-26+/t30-,31-,32-,33-,35-,36?,37?,38-,39+,40+,42+,44-,45+,50-/m1/s1. The monoisotopic (exact) mass is 884 g/mol. The Labute approximate surface area is 375 Å². The van der Waals surface area contributed by atoms with E-state index in [1.807, 2.05) is 33.8 Å². The second-order valence-corrected chi connectivity index (χ2v) is 20.0. The number of fused-ring (bicyclic) bond motifs is 3. The van der Waals surface area contributed by atoms with Gasteiger partial charge in [0.15, 0.2) is 5.78 Å². The lowest BCUT2D eigenvalue weighted by atomic mass is 9.72. The molecule has 13 heteroatoms. The summed E-state index contributed by atoms with van der Waals surface area (Å²) in [5.41, 5.74) is -0.541. The van der Waals surface area contributed by atoms with Crippen molar-refractivity contribution < 1.29 is 59.0 Å². The van der Waals surface area contributed by atoms with Crippen LogP contribution in [0.1, 0.15) is 139 Å². The first-order valence-electron chi connectivity index (χ1n) is 23.5. The number of hydrogen-bond donors (Lipinski definition) is 5. The zero-order chi connectivity index (χ0) is 46.8. The highest BCUT2D eigenvalue weighted by molar-refractivity contribution is 6.39. The lowest BCUT2D eigenvalue weighted by Gasteiger charge is -2.42. The van der Waals surface area contributed by atoms with Gasteiger partial charge in [0, 0.05) is 37.1 Å². The predicted molar refractivity (Wildman–Crippen MR) is 239 cm³/mol. The van der Waals surface area contributed by atoms with Crippen molar-refractivity contribution in [2.45, 2.75) is 187 Å². The largest absolute Gasteiger partial charge is 0.460 e. The Morgan fingerprint density at radius 3 is 2.14 bits per heavy atom. The number of esters is 1. The van der Waals surface area contributed by atoms with Crippen molar-refractivity contribution in [1.29, 1.82) is 0 Å². The summed E-state index contributed by atoms with van der Waals surface area (Å²) in [7, 11) is 0. The fourth-order valence-corrected chi connectivity index (χ4v) is 9.92. The number of amides is 1. The quantitative estimate of drug-likeness (QED) is 0.127. The number of carbonyl (C=O) groups is 5. The average Bonchev–Trinajstić information content (AvgIpc) is 3.23. The highest BCUT2D eigenvalue weighted by Gasteiger charge is 2.53. The summed E-state index contributed by atoms with van der Waals surface area (Å²) in [6, 6.07) is -1.15. The van der Waals surface area contributed by atoms with Gasteiger partial charge in [0.2, 0.25) is 5.79 Å². The van der Waals surface area contributed by atoms with Crippen LogP contribution < -0.4 is 0 Å². The van der Waals surface area contributed by atoms with Gasteiger partial charge in [0.05, 0.1) is 17.8 Å². The minimum absolute atomic E-state index is 0.0510. The number of piperidine rings is 1. The number of ketones is 3. The van der Waals surface area contributed by atoms with Gasteiger partial charge < -0.3 is 39.9 Å². The summed E-state index contributed by atoms with van der Waals surface area (Å²) in [6.07, 6.45) is 12.5. The van der Waals surface area contributed by atoms with E-state index in [1.54, 1.807) is 58.1 Å². The Kier molecular flexibility index (Phi) is 19.3. The highest BCUT2D eigenvalue weighted by atomic mass is 16.6. The second kappa shape index (κ2) is 23.2. The minimum Gasteiger partial charge on any atom is -0.460 e. The number of aliphatic hydroxyl groups excluding tert-OH is 3. The summed E-state index contributed by atoms with van der Waals surface area (Å²) < 4.78 is 12.2. The molecule has 3 heterocycles. The lowest BCUT2D eigenvalue weighted by Crippen LogP contribution is -2.60. The molecule has 0 aromatic rings. The van der Waals surface area contributed by atoms with Gasteiger partial charge in [-0.3, -0.25) is 19.2 Å². The Morgan fingerprint density at radius 2 is 1.49 bits per heavy atom. The van der Waals surface area contributed by atoms with E-state index < -0.39 is 89.1 Å². The fraction of sp³-hybridized carbons (Fsp3) is 0.740. The van der Waals surface area contributed by atoms with E-state index in [0.29, 0.717) is 38.5 Å². The second-order valence-electron chi connectivity index (χ2n) is 20.0. The zero-order valence-corrected chi connectivity index (χ0v) is 39.0. The molecule has 12 atom stereocenters. The number of allylic oxidation sites excluding steroid dienone is 6. The van der Waals surface area contributed by atoms with E-state index in [4.69, 9.17) is 9.47 Å². The van der Waals surface area contributed by atoms with Gasteiger partial charge in [-0.05, 0) is 108 Å². The first-order chi connectivity index (χ1) is 29.5. The highest BCUT2D eigenvalue weighted by Crippen LogP contribution is 2.40. The van der Waals surface area contributed by atoms with Gasteiger partial charge in [-0.1, -0.05) is 90.0 Å². The first-order valence-corrected chi connectivity index (χ1v) is 23.5. The topological polar surface area (TPSA) is 208 Å².